The minimum absolute atomic E-state index is 0.0591. The molecule has 1 aliphatic rings. The molecule has 0 bridgehead atoms. The van der Waals surface area contributed by atoms with Crippen LogP contribution in [-0.2, 0) is 9.53 Å². The highest BCUT2D eigenvalue weighted by molar-refractivity contribution is 5.78. The Balaban J connectivity index is 1.85. The van der Waals surface area contributed by atoms with Gasteiger partial charge < -0.3 is 9.64 Å². The van der Waals surface area contributed by atoms with Crippen LogP contribution in [-0.4, -0.2) is 44.2 Å². The van der Waals surface area contributed by atoms with Gasteiger partial charge in [0.25, 0.3) is 0 Å². The van der Waals surface area contributed by atoms with Gasteiger partial charge in [-0.15, -0.1) is 0 Å². The number of carbonyl (C=O) groups excluding carboxylic acids is 1. The average molecular weight is 290 g/mol. The van der Waals surface area contributed by atoms with Gasteiger partial charge in [0.15, 0.2) is 0 Å². The van der Waals surface area contributed by atoms with Crippen LogP contribution >= 0.6 is 0 Å². The first-order chi connectivity index (χ1) is 10.2. The number of benzene rings is 1. The number of piperidine rings is 1. The number of rotatable bonds is 6. The van der Waals surface area contributed by atoms with E-state index >= 15 is 0 Å². The van der Waals surface area contributed by atoms with E-state index in [1.807, 2.05) is 23.1 Å². The van der Waals surface area contributed by atoms with Crippen molar-refractivity contribution in [1.29, 1.82) is 0 Å². The van der Waals surface area contributed by atoms with E-state index < -0.39 is 0 Å². The molecule has 1 unspecified atom stereocenters. The highest BCUT2D eigenvalue weighted by Crippen LogP contribution is 2.16. The van der Waals surface area contributed by atoms with Crippen molar-refractivity contribution in [1.82, 2.24) is 10.2 Å². The molecule has 0 aromatic heterocycles. The first kappa shape index (κ1) is 16.0. The zero-order valence-corrected chi connectivity index (χ0v) is 13.0. The Bertz CT molecular complexity index is 428. The van der Waals surface area contributed by atoms with Crippen molar-refractivity contribution < 1.29 is 9.53 Å². The SMILES string of the molecule is COCC(NCC(=O)N1CCC(C)CC1)c1ccccc1. The first-order valence-corrected chi connectivity index (χ1v) is 7.75. The highest BCUT2D eigenvalue weighted by Gasteiger charge is 2.21. The Morgan fingerprint density at radius 1 is 1.33 bits per heavy atom. The van der Waals surface area contributed by atoms with Gasteiger partial charge in [-0.25, -0.2) is 0 Å². The van der Waals surface area contributed by atoms with E-state index in [0.29, 0.717) is 13.2 Å². The number of nitrogens with one attached hydrogen (secondary N) is 1. The summed E-state index contributed by atoms with van der Waals surface area (Å²) in [7, 11) is 1.69. The zero-order chi connectivity index (χ0) is 15.1. The standard InChI is InChI=1S/C17H26N2O2/c1-14-8-10-19(11-9-14)17(20)12-18-16(13-21-2)15-6-4-3-5-7-15/h3-7,14,16,18H,8-13H2,1-2H3. The van der Waals surface area contributed by atoms with Gasteiger partial charge in [-0.05, 0) is 24.3 Å². The molecule has 1 N–H and O–H groups in total. The van der Waals surface area contributed by atoms with Crippen LogP contribution in [0.1, 0.15) is 31.4 Å². The molecule has 1 amide bonds. The van der Waals surface area contributed by atoms with Crippen molar-refractivity contribution in [2.75, 3.05) is 33.4 Å². The molecule has 0 spiro atoms. The third kappa shape index (κ3) is 4.83. The fraction of sp³-hybridized carbons (Fsp3) is 0.588. The zero-order valence-electron chi connectivity index (χ0n) is 13.0. The molecule has 21 heavy (non-hydrogen) atoms. The second-order valence-corrected chi connectivity index (χ2v) is 5.86. The van der Waals surface area contributed by atoms with Crippen molar-refractivity contribution in [2.45, 2.75) is 25.8 Å². The lowest BCUT2D eigenvalue weighted by Gasteiger charge is -2.31. The minimum atomic E-state index is 0.0591. The molecule has 1 atom stereocenters. The number of ether oxygens (including phenoxy) is 1. The maximum absolute atomic E-state index is 12.3. The Labute approximate surface area is 127 Å². The van der Waals surface area contributed by atoms with Gasteiger partial charge in [0.1, 0.15) is 0 Å². The van der Waals surface area contributed by atoms with Crippen molar-refractivity contribution >= 4 is 5.91 Å². The number of nitrogens with zero attached hydrogens (tertiary/aromatic N) is 1. The summed E-state index contributed by atoms with van der Waals surface area (Å²) in [6, 6.07) is 10.2. The Hall–Kier alpha value is -1.39. The quantitative estimate of drug-likeness (QED) is 0.873. The van der Waals surface area contributed by atoms with E-state index in [1.165, 1.54) is 0 Å². The number of hydrogen-bond donors (Lipinski definition) is 1. The molecule has 0 aliphatic carbocycles. The summed E-state index contributed by atoms with van der Waals surface area (Å²) < 4.78 is 5.26. The second-order valence-electron chi connectivity index (χ2n) is 5.86. The van der Waals surface area contributed by atoms with Crippen molar-refractivity contribution in [3.05, 3.63) is 35.9 Å². The second kappa shape index (κ2) is 8.15. The van der Waals surface area contributed by atoms with E-state index in [-0.39, 0.29) is 11.9 Å². The lowest BCUT2D eigenvalue weighted by atomic mass is 9.99. The van der Waals surface area contributed by atoms with Crippen molar-refractivity contribution in [2.24, 2.45) is 5.92 Å². The smallest absolute Gasteiger partial charge is 0.236 e. The van der Waals surface area contributed by atoms with Crippen LogP contribution in [0.3, 0.4) is 0 Å². The summed E-state index contributed by atoms with van der Waals surface area (Å²) in [6.45, 7) is 4.97. The molecule has 116 valence electrons. The molecule has 1 fully saturated rings. The van der Waals surface area contributed by atoms with Crippen LogP contribution in [0.15, 0.2) is 30.3 Å². The van der Waals surface area contributed by atoms with Gasteiger partial charge in [-0.3, -0.25) is 10.1 Å². The van der Waals surface area contributed by atoms with E-state index in [4.69, 9.17) is 4.74 Å². The average Bonchev–Trinajstić information content (AvgIpc) is 2.52. The van der Waals surface area contributed by atoms with Crippen LogP contribution in [0, 0.1) is 5.92 Å². The molecule has 1 saturated heterocycles. The first-order valence-electron chi connectivity index (χ1n) is 7.75. The number of methoxy groups -OCH3 is 1. The highest BCUT2D eigenvalue weighted by atomic mass is 16.5. The van der Waals surface area contributed by atoms with Gasteiger partial charge in [0, 0.05) is 20.2 Å². The molecular formula is C17H26N2O2. The lowest BCUT2D eigenvalue weighted by molar-refractivity contribution is -0.131. The summed E-state index contributed by atoms with van der Waals surface area (Å²) in [6.07, 6.45) is 2.23. The van der Waals surface area contributed by atoms with E-state index in [1.54, 1.807) is 7.11 Å². The Morgan fingerprint density at radius 2 is 2.00 bits per heavy atom. The summed E-state index contributed by atoms with van der Waals surface area (Å²) in [5, 5.41) is 3.33. The molecule has 1 aliphatic heterocycles. The largest absolute Gasteiger partial charge is 0.383 e. The van der Waals surface area contributed by atoms with Crippen molar-refractivity contribution in [3.8, 4) is 0 Å². The Morgan fingerprint density at radius 3 is 2.62 bits per heavy atom. The molecule has 1 aromatic carbocycles. The Kier molecular flexibility index (Phi) is 6.21. The van der Waals surface area contributed by atoms with Crippen LogP contribution < -0.4 is 5.32 Å². The van der Waals surface area contributed by atoms with E-state index in [9.17, 15) is 4.79 Å². The van der Waals surface area contributed by atoms with E-state index in [0.717, 1.165) is 37.4 Å². The summed E-state index contributed by atoms with van der Waals surface area (Å²) >= 11 is 0. The maximum Gasteiger partial charge on any atom is 0.236 e. The van der Waals surface area contributed by atoms with Crippen molar-refractivity contribution in [3.63, 3.8) is 0 Å². The summed E-state index contributed by atoms with van der Waals surface area (Å²) in [4.78, 5) is 14.2. The number of carbonyl (C=O) groups is 1. The van der Waals surface area contributed by atoms with Gasteiger partial charge in [-0.1, -0.05) is 37.3 Å². The number of amides is 1. The van der Waals surface area contributed by atoms with Crippen LogP contribution in [0.5, 0.6) is 0 Å². The molecule has 4 heteroatoms. The fourth-order valence-corrected chi connectivity index (χ4v) is 2.71. The third-order valence-corrected chi connectivity index (χ3v) is 4.17. The predicted octanol–water partition coefficient (Wildman–Crippen LogP) is 2.22. The minimum Gasteiger partial charge on any atom is -0.383 e. The molecular weight excluding hydrogens is 264 g/mol. The van der Waals surface area contributed by atoms with E-state index in [2.05, 4.69) is 24.4 Å². The van der Waals surface area contributed by atoms with Gasteiger partial charge in [-0.2, -0.15) is 0 Å². The monoisotopic (exact) mass is 290 g/mol. The van der Waals surface area contributed by atoms with Gasteiger partial charge in [0.2, 0.25) is 5.91 Å². The van der Waals surface area contributed by atoms with Gasteiger partial charge in [0.05, 0.1) is 19.2 Å². The van der Waals surface area contributed by atoms with Crippen LogP contribution in [0.4, 0.5) is 0 Å². The fourth-order valence-electron chi connectivity index (χ4n) is 2.71. The molecule has 4 nitrogen and oxygen atoms in total. The molecule has 0 saturated carbocycles. The van der Waals surface area contributed by atoms with Crippen LogP contribution in [0.2, 0.25) is 0 Å². The summed E-state index contributed by atoms with van der Waals surface area (Å²) in [5.74, 6) is 0.937. The lowest BCUT2D eigenvalue weighted by Crippen LogP contribution is -2.43. The van der Waals surface area contributed by atoms with Crippen LogP contribution in [0.25, 0.3) is 0 Å². The predicted molar refractivity (Wildman–Crippen MR) is 84.0 cm³/mol. The molecule has 1 heterocycles. The molecule has 1 aromatic rings. The normalized spacial score (nSPS) is 17.7. The third-order valence-electron chi connectivity index (χ3n) is 4.17. The topological polar surface area (TPSA) is 41.6 Å². The maximum atomic E-state index is 12.3. The summed E-state index contributed by atoms with van der Waals surface area (Å²) in [5.41, 5.74) is 1.15. The van der Waals surface area contributed by atoms with Gasteiger partial charge >= 0.3 is 0 Å². The molecule has 0 radical (unpaired) electrons. The number of hydrogen-bond acceptors (Lipinski definition) is 3. The molecule has 2 rings (SSSR count). The number of likely N-dealkylation sites (tertiary alicyclic amines) is 1.